The molecule has 21 heavy (non-hydrogen) atoms. The quantitative estimate of drug-likeness (QED) is 0.685. The number of benzene rings is 1. The Morgan fingerprint density at radius 3 is 2.67 bits per heavy atom. The maximum atomic E-state index is 11.5. The van der Waals surface area contributed by atoms with Crippen molar-refractivity contribution in [1.29, 1.82) is 0 Å². The van der Waals surface area contributed by atoms with E-state index in [1.54, 1.807) is 25.3 Å². The van der Waals surface area contributed by atoms with E-state index in [1.807, 2.05) is 6.92 Å². The van der Waals surface area contributed by atoms with Crippen molar-refractivity contribution in [2.24, 2.45) is 0 Å². The molecular formula is C15H21BrO5. The van der Waals surface area contributed by atoms with Crippen molar-refractivity contribution in [3.8, 4) is 5.75 Å². The number of hydrogen-bond acceptors (Lipinski definition) is 5. The van der Waals surface area contributed by atoms with Gasteiger partial charge < -0.3 is 19.3 Å². The summed E-state index contributed by atoms with van der Waals surface area (Å²) in [4.78, 5) is 11.5. The summed E-state index contributed by atoms with van der Waals surface area (Å²) in [6.45, 7) is 4.01. The van der Waals surface area contributed by atoms with Gasteiger partial charge in [0.05, 0.1) is 24.9 Å². The lowest BCUT2D eigenvalue weighted by atomic mass is 10.1. The van der Waals surface area contributed by atoms with Crippen LogP contribution in [-0.2, 0) is 9.47 Å². The number of aliphatic hydroxyl groups excluding tert-OH is 1. The molecule has 0 amide bonds. The van der Waals surface area contributed by atoms with Crippen LogP contribution in [0.4, 0.5) is 0 Å². The summed E-state index contributed by atoms with van der Waals surface area (Å²) in [5.41, 5.74) is 0.477. The minimum absolute atomic E-state index is 0.0572. The highest BCUT2D eigenvalue weighted by Crippen LogP contribution is 2.23. The molecule has 0 saturated heterocycles. The van der Waals surface area contributed by atoms with E-state index in [2.05, 4.69) is 15.9 Å². The Morgan fingerprint density at radius 2 is 2.05 bits per heavy atom. The van der Waals surface area contributed by atoms with Gasteiger partial charge in [-0.3, -0.25) is 4.79 Å². The van der Waals surface area contributed by atoms with Gasteiger partial charge in [-0.1, -0.05) is 15.9 Å². The van der Waals surface area contributed by atoms with E-state index in [9.17, 15) is 9.90 Å². The summed E-state index contributed by atoms with van der Waals surface area (Å²) in [6.07, 6.45) is -0.863. The van der Waals surface area contributed by atoms with E-state index >= 15 is 0 Å². The lowest BCUT2D eigenvalue weighted by Gasteiger charge is -2.17. The van der Waals surface area contributed by atoms with E-state index in [-0.39, 0.29) is 25.1 Å². The second kappa shape index (κ2) is 9.15. The van der Waals surface area contributed by atoms with Gasteiger partial charge in [-0.2, -0.15) is 0 Å². The topological polar surface area (TPSA) is 65.0 Å². The van der Waals surface area contributed by atoms with E-state index in [1.165, 1.54) is 6.92 Å². The highest BCUT2D eigenvalue weighted by Gasteiger charge is 2.13. The minimum Gasteiger partial charge on any atom is -0.490 e. The van der Waals surface area contributed by atoms with E-state index in [4.69, 9.17) is 14.2 Å². The normalized spacial score (nSPS) is 13.8. The third kappa shape index (κ3) is 6.56. The highest BCUT2D eigenvalue weighted by molar-refractivity contribution is 9.10. The Kier molecular flexibility index (Phi) is 7.88. The summed E-state index contributed by atoms with van der Waals surface area (Å²) >= 11 is 3.31. The zero-order valence-corrected chi connectivity index (χ0v) is 14.1. The molecule has 1 aromatic rings. The molecule has 2 atom stereocenters. The van der Waals surface area contributed by atoms with Crippen molar-refractivity contribution < 1.29 is 24.1 Å². The summed E-state index contributed by atoms with van der Waals surface area (Å²) in [7, 11) is 1.59. The van der Waals surface area contributed by atoms with Gasteiger partial charge in [0.25, 0.3) is 0 Å². The zero-order chi connectivity index (χ0) is 15.8. The first-order chi connectivity index (χ1) is 9.93. The summed E-state index contributed by atoms with van der Waals surface area (Å²) in [6, 6.07) is 5.18. The molecule has 0 radical (unpaired) electrons. The standard InChI is InChI=1S/C15H21BrO5/c1-10(7-19-3)20-8-13(18)9-21-15-5-4-12(16)6-14(15)11(2)17/h4-6,10,13,18H,7-9H2,1-3H3. The molecule has 1 N–H and O–H groups in total. The van der Waals surface area contributed by atoms with Crippen LogP contribution in [0.15, 0.2) is 22.7 Å². The van der Waals surface area contributed by atoms with Crippen molar-refractivity contribution in [2.45, 2.75) is 26.1 Å². The third-order valence-electron chi connectivity index (χ3n) is 2.73. The van der Waals surface area contributed by atoms with Gasteiger partial charge in [-0.25, -0.2) is 0 Å². The molecule has 0 fully saturated rings. The average Bonchev–Trinajstić information content (AvgIpc) is 2.44. The van der Waals surface area contributed by atoms with E-state index in [0.29, 0.717) is 17.9 Å². The first-order valence-electron chi connectivity index (χ1n) is 6.66. The Labute approximate surface area is 133 Å². The number of carbonyl (C=O) groups excluding carboxylic acids is 1. The van der Waals surface area contributed by atoms with Crippen LogP contribution in [0.5, 0.6) is 5.75 Å². The number of Topliss-reactive ketones (excluding diaryl/α,β-unsaturated/α-hetero) is 1. The number of rotatable bonds is 9. The largest absolute Gasteiger partial charge is 0.490 e. The van der Waals surface area contributed by atoms with Crippen molar-refractivity contribution >= 4 is 21.7 Å². The lowest BCUT2D eigenvalue weighted by Crippen LogP contribution is -2.27. The molecule has 0 spiro atoms. The maximum absolute atomic E-state index is 11.5. The van der Waals surface area contributed by atoms with E-state index in [0.717, 1.165) is 4.47 Å². The number of hydrogen-bond donors (Lipinski definition) is 1. The molecule has 1 rings (SSSR count). The van der Waals surface area contributed by atoms with Gasteiger partial charge in [0.2, 0.25) is 0 Å². The molecule has 0 saturated carbocycles. The van der Waals surface area contributed by atoms with Crippen LogP contribution in [0, 0.1) is 0 Å². The fourth-order valence-electron chi connectivity index (χ4n) is 1.70. The van der Waals surface area contributed by atoms with Crippen molar-refractivity contribution in [2.75, 3.05) is 26.9 Å². The Hall–Kier alpha value is -0.950. The van der Waals surface area contributed by atoms with Gasteiger partial charge in [-0.05, 0) is 32.0 Å². The number of ketones is 1. The minimum atomic E-state index is -0.771. The SMILES string of the molecule is COCC(C)OCC(O)COc1ccc(Br)cc1C(C)=O. The summed E-state index contributed by atoms with van der Waals surface area (Å²) < 4.78 is 16.6. The molecule has 0 aliphatic rings. The number of carbonyl (C=O) groups is 1. The second-order valence-electron chi connectivity index (χ2n) is 4.76. The number of ether oxygens (including phenoxy) is 3. The molecule has 0 aliphatic heterocycles. The highest BCUT2D eigenvalue weighted by atomic mass is 79.9. The molecule has 2 unspecified atom stereocenters. The summed E-state index contributed by atoms with van der Waals surface area (Å²) in [5.74, 6) is 0.362. The van der Waals surface area contributed by atoms with Crippen LogP contribution in [-0.4, -0.2) is 50.0 Å². The molecular weight excluding hydrogens is 340 g/mol. The van der Waals surface area contributed by atoms with Gasteiger partial charge in [0, 0.05) is 11.6 Å². The molecule has 0 bridgehead atoms. The first kappa shape index (κ1) is 18.1. The van der Waals surface area contributed by atoms with Crippen molar-refractivity contribution in [3.05, 3.63) is 28.2 Å². The van der Waals surface area contributed by atoms with Crippen LogP contribution >= 0.6 is 15.9 Å². The smallest absolute Gasteiger partial charge is 0.163 e. The number of halogens is 1. The van der Waals surface area contributed by atoms with Crippen LogP contribution in [0.25, 0.3) is 0 Å². The van der Waals surface area contributed by atoms with Gasteiger partial charge in [0.15, 0.2) is 5.78 Å². The summed E-state index contributed by atoms with van der Waals surface area (Å²) in [5, 5.41) is 9.83. The predicted molar refractivity (Wildman–Crippen MR) is 82.9 cm³/mol. The van der Waals surface area contributed by atoms with Crippen LogP contribution in [0.1, 0.15) is 24.2 Å². The second-order valence-corrected chi connectivity index (χ2v) is 5.68. The number of methoxy groups -OCH3 is 1. The Balaban J connectivity index is 2.49. The average molecular weight is 361 g/mol. The molecule has 0 aromatic heterocycles. The predicted octanol–water partition coefficient (Wildman–Crippen LogP) is 2.44. The van der Waals surface area contributed by atoms with Gasteiger partial charge in [0.1, 0.15) is 18.5 Å². The number of aliphatic hydroxyl groups is 1. The molecule has 1 aromatic carbocycles. The Morgan fingerprint density at radius 1 is 1.33 bits per heavy atom. The van der Waals surface area contributed by atoms with Crippen molar-refractivity contribution in [3.63, 3.8) is 0 Å². The third-order valence-corrected chi connectivity index (χ3v) is 3.22. The molecule has 0 heterocycles. The van der Waals surface area contributed by atoms with Gasteiger partial charge in [-0.15, -0.1) is 0 Å². The molecule has 0 aliphatic carbocycles. The van der Waals surface area contributed by atoms with Crippen LogP contribution in [0.3, 0.4) is 0 Å². The van der Waals surface area contributed by atoms with Crippen LogP contribution < -0.4 is 4.74 Å². The molecule has 5 nitrogen and oxygen atoms in total. The molecule has 6 heteroatoms. The van der Waals surface area contributed by atoms with Gasteiger partial charge >= 0.3 is 0 Å². The first-order valence-corrected chi connectivity index (χ1v) is 7.45. The van der Waals surface area contributed by atoms with Crippen molar-refractivity contribution in [1.82, 2.24) is 0 Å². The van der Waals surface area contributed by atoms with E-state index < -0.39 is 6.10 Å². The molecule has 118 valence electrons. The monoisotopic (exact) mass is 360 g/mol. The zero-order valence-electron chi connectivity index (χ0n) is 12.5. The van der Waals surface area contributed by atoms with Crippen LogP contribution in [0.2, 0.25) is 0 Å². The maximum Gasteiger partial charge on any atom is 0.163 e. The lowest BCUT2D eigenvalue weighted by molar-refractivity contribution is -0.0423. The fraction of sp³-hybridized carbons (Fsp3) is 0.533. The fourth-order valence-corrected chi connectivity index (χ4v) is 2.06. The Bertz CT molecular complexity index is 463.